The summed E-state index contributed by atoms with van der Waals surface area (Å²) in [5.74, 6) is 0.670. The molecule has 3 rings (SSSR count). The maximum atomic E-state index is 13.4. The Morgan fingerprint density at radius 2 is 1.37 bits per heavy atom. The van der Waals surface area contributed by atoms with Gasteiger partial charge in [0.25, 0.3) is 0 Å². The van der Waals surface area contributed by atoms with Crippen molar-refractivity contribution in [3.8, 4) is 11.5 Å². The fourth-order valence-electron chi connectivity index (χ4n) is 3.58. The van der Waals surface area contributed by atoms with E-state index in [2.05, 4.69) is 5.32 Å². The molecule has 8 heteroatoms. The molecular weight excluding hydrogens is 487 g/mol. The second kappa shape index (κ2) is 12.5. The maximum Gasteiger partial charge on any atom is 0.242 e. The molecular formula is C27H28Cl2N2O4. The quantitative estimate of drug-likeness (QED) is 0.399. The van der Waals surface area contributed by atoms with Crippen LogP contribution in [0.4, 0.5) is 0 Å². The van der Waals surface area contributed by atoms with Crippen molar-refractivity contribution >= 4 is 35.0 Å². The van der Waals surface area contributed by atoms with E-state index in [1.54, 1.807) is 62.4 Å². The minimum atomic E-state index is -0.703. The molecule has 3 aromatic rings. The number of rotatable bonds is 10. The van der Waals surface area contributed by atoms with Crippen LogP contribution in [0.2, 0.25) is 10.0 Å². The Morgan fingerprint density at radius 1 is 0.829 bits per heavy atom. The van der Waals surface area contributed by atoms with Crippen LogP contribution in [0.3, 0.4) is 0 Å². The number of hydrogen-bond donors (Lipinski definition) is 1. The number of methoxy groups -OCH3 is 2. The summed E-state index contributed by atoms with van der Waals surface area (Å²) in [5, 5.41) is 4.14. The van der Waals surface area contributed by atoms with Crippen LogP contribution in [0.15, 0.2) is 66.7 Å². The molecule has 0 aliphatic carbocycles. The van der Waals surface area contributed by atoms with E-state index >= 15 is 0 Å². The van der Waals surface area contributed by atoms with Gasteiger partial charge in [0.1, 0.15) is 6.04 Å². The number of carbonyl (C=O) groups excluding carboxylic acids is 2. The number of carbonyl (C=O) groups is 2. The summed E-state index contributed by atoms with van der Waals surface area (Å²) >= 11 is 12.0. The zero-order chi connectivity index (χ0) is 25.4. The van der Waals surface area contributed by atoms with Crippen LogP contribution in [0, 0.1) is 0 Å². The molecule has 0 radical (unpaired) electrons. The van der Waals surface area contributed by atoms with Gasteiger partial charge in [0, 0.05) is 23.1 Å². The predicted molar refractivity (Wildman–Crippen MR) is 138 cm³/mol. The molecule has 0 aliphatic heterocycles. The van der Waals surface area contributed by atoms with Crippen molar-refractivity contribution in [1.29, 1.82) is 0 Å². The number of nitrogens with one attached hydrogen (secondary N) is 1. The van der Waals surface area contributed by atoms with Crippen molar-refractivity contribution in [1.82, 2.24) is 10.2 Å². The van der Waals surface area contributed by atoms with Gasteiger partial charge in [0.2, 0.25) is 11.8 Å². The van der Waals surface area contributed by atoms with E-state index in [1.165, 1.54) is 0 Å². The van der Waals surface area contributed by atoms with Crippen LogP contribution in [-0.4, -0.2) is 37.0 Å². The summed E-state index contributed by atoms with van der Waals surface area (Å²) < 4.78 is 10.6. The third-order valence-corrected chi connectivity index (χ3v) is 6.12. The molecule has 1 atom stereocenters. The molecule has 0 saturated heterocycles. The lowest BCUT2D eigenvalue weighted by molar-refractivity contribution is -0.140. The highest BCUT2D eigenvalue weighted by Gasteiger charge is 2.26. The normalized spacial score (nSPS) is 11.5. The lowest BCUT2D eigenvalue weighted by Crippen LogP contribution is -2.48. The first-order valence-corrected chi connectivity index (χ1v) is 11.8. The van der Waals surface area contributed by atoms with Crippen molar-refractivity contribution < 1.29 is 19.1 Å². The smallest absolute Gasteiger partial charge is 0.242 e. The van der Waals surface area contributed by atoms with Crippen molar-refractivity contribution in [3.05, 3.63) is 93.5 Å². The molecule has 3 aromatic carbocycles. The first-order chi connectivity index (χ1) is 16.8. The molecule has 0 unspecified atom stereocenters. The van der Waals surface area contributed by atoms with Crippen molar-refractivity contribution in [2.75, 3.05) is 14.2 Å². The molecule has 35 heavy (non-hydrogen) atoms. The second-order valence-corrected chi connectivity index (χ2v) is 8.91. The number of halogens is 2. The first kappa shape index (κ1) is 26.4. The number of nitrogens with zero attached hydrogens (tertiary/aromatic N) is 1. The Kier molecular flexibility index (Phi) is 9.40. The van der Waals surface area contributed by atoms with Crippen molar-refractivity contribution in [2.24, 2.45) is 0 Å². The van der Waals surface area contributed by atoms with Gasteiger partial charge in [0.15, 0.2) is 11.5 Å². The van der Waals surface area contributed by atoms with Gasteiger partial charge in [-0.15, -0.1) is 0 Å². The summed E-state index contributed by atoms with van der Waals surface area (Å²) in [4.78, 5) is 28.0. The third-order valence-electron chi connectivity index (χ3n) is 5.62. The van der Waals surface area contributed by atoms with Crippen LogP contribution in [0.25, 0.3) is 0 Å². The van der Waals surface area contributed by atoms with Gasteiger partial charge in [0.05, 0.1) is 20.6 Å². The summed E-state index contributed by atoms with van der Waals surface area (Å²) in [6, 6.07) is 19.1. The SMILES string of the molecule is COc1ccc(CC(=O)N(Cc2ccc(Cl)cc2)[C@@H](C)C(=O)NCc2ccc(Cl)cc2)cc1OC. The molecule has 184 valence electrons. The number of amides is 2. The molecule has 0 spiro atoms. The Labute approximate surface area is 215 Å². The number of ether oxygens (including phenoxy) is 2. The standard InChI is InChI=1S/C27H28Cl2N2O4/c1-18(27(33)30-16-19-4-9-22(28)10-5-19)31(17-20-6-11-23(29)12-7-20)26(32)15-21-8-13-24(34-2)25(14-21)35-3/h4-14,18H,15-17H2,1-3H3,(H,30,33)/t18-/m0/s1. The van der Waals surface area contributed by atoms with Gasteiger partial charge in [-0.3, -0.25) is 9.59 Å². The predicted octanol–water partition coefficient (Wildman–Crippen LogP) is 5.29. The number of hydrogen-bond acceptors (Lipinski definition) is 4. The third kappa shape index (κ3) is 7.38. The van der Waals surface area contributed by atoms with E-state index in [9.17, 15) is 9.59 Å². The van der Waals surface area contributed by atoms with E-state index in [0.717, 1.165) is 16.7 Å². The minimum Gasteiger partial charge on any atom is -0.493 e. The lowest BCUT2D eigenvalue weighted by Gasteiger charge is -2.29. The topological polar surface area (TPSA) is 67.9 Å². The summed E-state index contributed by atoms with van der Waals surface area (Å²) in [6.45, 7) is 2.32. The van der Waals surface area contributed by atoms with Gasteiger partial charge in [-0.1, -0.05) is 53.5 Å². The van der Waals surface area contributed by atoms with E-state index in [4.69, 9.17) is 32.7 Å². The van der Waals surface area contributed by atoms with Crippen LogP contribution in [0.5, 0.6) is 11.5 Å². The molecule has 0 saturated carbocycles. The molecule has 0 aromatic heterocycles. The Morgan fingerprint density at radius 3 is 1.94 bits per heavy atom. The van der Waals surface area contributed by atoms with Crippen LogP contribution in [0.1, 0.15) is 23.6 Å². The van der Waals surface area contributed by atoms with E-state index in [-0.39, 0.29) is 24.8 Å². The van der Waals surface area contributed by atoms with Gasteiger partial charge in [-0.25, -0.2) is 0 Å². The van der Waals surface area contributed by atoms with Crippen molar-refractivity contribution in [3.63, 3.8) is 0 Å². The Bertz CT molecular complexity index is 1150. The zero-order valence-corrected chi connectivity index (χ0v) is 21.4. The molecule has 0 bridgehead atoms. The maximum absolute atomic E-state index is 13.4. The summed E-state index contributed by atoms with van der Waals surface area (Å²) in [6.07, 6.45) is 0.0999. The van der Waals surface area contributed by atoms with E-state index < -0.39 is 6.04 Å². The van der Waals surface area contributed by atoms with E-state index in [0.29, 0.717) is 28.1 Å². The fourth-order valence-corrected chi connectivity index (χ4v) is 3.83. The van der Waals surface area contributed by atoms with E-state index in [1.807, 2.05) is 30.3 Å². The average Bonchev–Trinajstić information content (AvgIpc) is 2.87. The van der Waals surface area contributed by atoms with Crippen LogP contribution < -0.4 is 14.8 Å². The monoisotopic (exact) mass is 514 g/mol. The lowest BCUT2D eigenvalue weighted by atomic mass is 10.1. The average molecular weight is 515 g/mol. The molecule has 6 nitrogen and oxygen atoms in total. The van der Waals surface area contributed by atoms with Gasteiger partial charge >= 0.3 is 0 Å². The van der Waals surface area contributed by atoms with Gasteiger partial charge in [-0.05, 0) is 60.0 Å². The largest absolute Gasteiger partial charge is 0.493 e. The zero-order valence-electron chi connectivity index (χ0n) is 19.9. The highest BCUT2D eigenvalue weighted by atomic mass is 35.5. The molecule has 0 fully saturated rings. The molecule has 0 heterocycles. The highest BCUT2D eigenvalue weighted by molar-refractivity contribution is 6.30. The highest BCUT2D eigenvalue weighted by Crippen LogP contribution is 2.28. The minimum absolute atomic E-state index is 0.0999. The summed E-state index contributed by atoms with van der Waals surface area (Å²) in [5.41, 5.74) is 2.53. The fraction of sp³-hybridized carbons (Fsp3) is 0.259. The summed E-state index contributed by atoms with van der Waals surface area (Å²) in [7, 11) is 3.10. The molecule has 2 amide bonds. The van der Waals surface area contributed by atoms with Crippen molar-refractivity contribution in [2.45, 2.75) is 32.5 Å². The Balaban J connectivity index is 1.77. The van der Waals surface area contributed by atoms with Gasteiger partial charge < -0.3 is 19.7 Å². The second-order valence-electron chi connectivity index (χ2n) is 8.03. The molecule has 0 aliphatic rings. The first-order valence-electron chi connectivity index (χ1n) is 11.1. The van der Waals surface area contributed by atoms with Gasteiger partial charge in [-0.2, -0.15) is 0 Å². The van der Waals surface area contributed by atoms with Crippen LogP contribution in [-0.2, 0) is 29.1 Å². The molecule has 1 N–H and O–H groups in total. The van der Waals surface area contributed by atoms with Crippen LogP contribution >= 0.6 is 23.2 Å². The number of benzene rings is 3. The Hall–Kier alpha value is -3.22.